The van der Waals surface area contributed by atoms with E-state index in [0.717, 1.165) is 30.9 Å². The molecule has 1 aromatic carbocycles. The molecule has 0 radical (unpaired) electrons. The van der Waals surface area contributed by atoms with Crippen molar-refractivity contribution in [1.82, 2.24) is 4.90 Å². The van der Waals surface area contributed by atoms with E-state index in [2.05, 4.69) is 11.4 Å². The Hall–Kier alpha value is -1.97. The summed E-state index contributed by atoms with van der Waals surface area (Å²) in [5.74, 6) is 0.857. The van der Waals surface area contributed by atoms with Gasteiger partial charge >= 0.3 is 0 Å². The van der Waals surface area contributed by atoms with Gasteiger partial charge in [-0.3, -0.25) is 4.79 Å². The van der Waals surface area contributed by atoms with E-state index >= 15 is 0 Å². The standard InChI is InChI=1S/C14H16N2O2/c17-14(16-7-2-1-3-8-16)11-4-5-12-13(10-11)18-9-6-15-12/h1-2,4-5,10,15H,3,6-9H2. The highest BCUT2D eigenvalue weighted by molar-refractivity contribution is 5.95. The van der Waals surface area contributed by atoms with Crippen LogP contribution in [0.25, 0.3) is 0 Å². The highest BCUT2D eigenvalue weighted by atomic mass is 16.5. The molecule has 0 aliphatic carbocycles. The van der Waals surface area contributed by atoms with Crippen LogP contribution in [0.3, 0.4) is 0 Å². The lowest BCUT2D eigenvalue weighted by molar-refractivity contribution is 0.0770. The molecule has 2 aliphatic heterocycles. The number of ether oxygens (including phenoxy) is 1. The lowest BCUT2D eigenvalue weighted by Gasteiger charge is -2.24. The van der Waals surface area contributed by atoms with Crippen molar-refractivity contribution in [2.24, 2.45) is 0 Å². The number of benzene rings is 1. The number of rotatable bonds is 1. The number of anilines is 1. The van der Waals surface area contributed by atoms with Crippen LogP contribution in [0, 0.1) is 0 Å². The molecule has 94 valence electrons. The fraction of sp³-hybridized carbons (Fsp3) is 0.357. The normalized spacial score (nSPS) is 17.7. The van der Waals surface area contributed by atoms with Crippen LogP contribution < -0.4 is 10.1 Å². The van der Waals surface area contributed by atoms with Gasteiger partial charge in [0.05, 0.1) is 5.69 Å². The molecule has 0 bridgehead atoms. The van der Waals surface area contributed by atoms with Crippen LogP contribution in [0.15, 0.2) is 30.4 Å². The minimum Gasteiger partial charge on any atom is -0.490 e. The molecule has 1 aromatic rings. The third-order valence-electron chi connectivity index (χ3n) is 3.25. The highest BCUT2D eigenvalue weighted by Gasteiger charge is 2.18. The SMILES string of the molecule is O=C(c1ccc2c(c1)OCCN2)N1CC=CCC1. The number of carbonyl (C=O) groups excluding carboxylic acids is 1. The predicted octanol–water partition coefficient (Wildman–Crippen LogP) is 1.89. The summed E-state index contributed by atoms with van der Waals surface area (Å²) >= 11 is 0. The lowest BCUT2D eigenvalue weighted by Crippen LogP contribution is -2.33. The van der Waals surface area contributed by atoms with Gasteiger partial charge < -0.3 is 15.0 Å². The fourth-order valence-corrected chi connectivity index (χ4v) is 2.28. The maximum atomic E-state index is 12.3. The van der Waals surface area contributed by atoms with Gasteiger partial charge in [0, 0.05) is 25.2 Å². The number of hydrogen-bond acceptors (Lipinski definition) is 3. The summed E-state index contributed by atoms with van der Waals surface area (Å²) in [5.41, 5.74) is 1.67. The predicted molar refractivity (Wildman–Crippen MR) is 70.1 cm³/mol. The van der Waals surface area contributed by atoms with Gasteiger partial charge in [-0.1, -0.05) is 12.2 Å². The van der Waals surface area contributed by atoms with Crippen LogP contribution in [0.1, 0.15) is 16.8 Å². The average molecular weight is 244 g/mol. The maximum Gasteiger partial charge on any atom is 0.254 e. The first-order valence-corrected chi connectivity index (χ1v) is 6.29. The molecule has 2 aliphatic rings. The summed E-state index contributed by atoms with van der Waals surface area (Å²) < 4.78 is 5.55. The van der Waals surface area contributed by atoms with Crippen molar-refractivity contribution < 1.29 is 9.53 Å². The van der Waals surface area contributed by atoms with Gasteiger partial charge in [-0.15, -0.1) is 0 Å². The minimum absolute atomic E-state index is 0.0799. The number of nitrogens with zero attached hydrogens (tertiary/aromatic N) is 1. The van der Waals surface area contributed by atoms with Crippen LogP contribution in [0.2, 0.25) is 0 Å². The monoisotopic (exact) mass is 244 g/mol. The Morgan fingerprint density at radius 1 is 1.33 bits per heavy atom. The molecule has 3 rings (SSSR count). The minimum atomic E-state index is 0.0799. The second-order valence-electron chi connectivity index (χ2n) is 4.50. The van der Waals surface area contributed by atoms with Crippen LogP contribution in [-0.4, -0.2) is 37.0 Å². The second kappa shape index (κ2) is 4.72. The van der Waals surface area contributed by atoms with Gasteiger partial charge in [0.2, 0.25) is 0 Å². The number of amides is 1. The molecular weight excluding hydrogens is 228 g/mol. The first-order valence-electron chi connectivity index (χ1n) is 6.29. The Labute approximate surface area is 106 Å². The average Bonchev–Trinajstić information content (AvgIpc) is 2.47. The Bertz CT molecular complexity index is 497. The molecule has 2 heterocycles. The van der Waals surface area contributed by atoms with Crippen molar-refractivity contribution in [3.05, 3.63) is 35.9 Å². The molecule has 1 amide bonds. The number of hydrogen-bond donors (Lipinski definition) is 1. The molecule has 0 fully saturated rings. The molecule has 1 N–H and O–H groups in total. The third-order valence-corrected chi connectivity index (χ3v) is 3.25. The molecule has 0 unspecified atom stereocenters. The smallest absolute Gasteiger partial charge is 0.254 e. The van der Waals surface area contributed by atoms with Gasteiger partial charge in [-0.25, -0.2) is 0 Å². The largest absolute Gasteiger partial charge is 0.490 e. The number of fused-ring (bicyclic) bond motifs is 1. The van der Waals surface area contributed by atoms with Gasteiger partial charge in [0.25, 0.3) is 5.91 Å². The first-order chi connectivity index (χ1) is 8.84. The highest BCUT2D eigenvalue weighted by Crippen LogP contribution is 2.28. The zero-order chi connectivity index (χ0) is 12.4. The quantitative estimate of drug-likeness (QED) is 0.767. The van der Waals surface area contributed by atoms with Gasteiger partial charge in [-0.2, -0.15) is 0 Å². The molecule has 0 aromatic heterocycles. The van der Waals surface area contributed by atoms with E-state index in [1.807, 2.05) is 29.2 Å². The Balaban J connectivity index is 1.83. The third kappa shape index (κ3) is 2.06. The summed E-state index contributed by atoms with van der Waals surface area (Å²) in [5, 5.41) is 3.25. The summed E-state index contributed by atoms with van der Waals surface area (Å²) in [6.45, 7) is 2.97. The molecule has 0 spiro atoms. The van der Waals surface area contributed by atoms with Crippen molar-refractivity contribution >= 4 is 11.6 Å². The summed E-state index contributed by atoms with van der Waals surface area (Å²) in [4.78, 5) is 14.2. The van der Waals surface area contributed by atoms with E-state index < -0.39 is 0 Å². The van der Waals surface area contributed by atoms with Crippen LogP contribution in [0.5, 0.6) is 5.75 Å². The van der Waals surface area contributed by atoms with Crippen molar-refractivity contribution in [2.45, 2.75) is 6.42 Å². The topological polar surface area (TPSA) is 41.6 Å². The molecular formula is C14H16N2O2. The first kappa shape index (κ1) is 11.1. The van der Waals surface area contributed by atoms with E-state index in [4.69, 9.17) is 4.74 Å². The summed E-state index contributed by atoms with van der Waals surface area (Å²) in [7, 11) is 0. The zero-order valence-electron chi connectivity index (χ0n) is 10.2. The molecule has 4 nitrogen and oxygen atoms in total. The van der Waals surface area contributed by atoms with Crippen LogP contribution in [-0.2, 0) is 0 Å². The number of carbonyl (C=O) groups is 1. The Morgan fingerprint density at radius 2 is 2.28 bits per heavy atom. The van der Waals surface area contributed by atoms with Gasteiger partial charge in [-0.05, 0) is 24.6 Å². The van der Waals surface area contributed by atoms with Crippen molar-refractivity contribution in [2.75, 3.05) is 31.6 Å². The molecule has 4 heteroatoms. The maximum absolute atomic E-state index is 12.3. The molecule has 18 heavy (non-hydrogen) atoms. The van der Waals surface area contributed by atoms with E-state index in [-0.39, 0.29) is 5.91 Å². The molecule has 0 saturated heterocycles. The molecule has 0 saturated carbocycles. The fourth-order valence-electron chi connectivity index (χ4n) is 2.28. The lowest BCUT2D eigenvalue weighted by atomic mass is 10.1. The summed E-state index contributed by atoms with van der Waals surface area (Å²) in [6.07, 6.45) is 5.09. The van der Waals surface area contributed by atoms with E-state index in [0.29, 0.717) is 18.7 Å². The van der Waals surface area contributed by atoms with Crippen LogP contribution >= 0.6 is 0 Å². The van der Waals surface area contributed by atoms with E-state index in [1.165, 1.54) is 0 Å². The van der Waals surface area contributed by atoms with Crippen molar-refractivity contribution in [1.29, 1.82) is 0 Å². The van der Waals surface area contributed by atoms with Crippen molar-refractivity contribution in [3.63, 3.8) is 0 Å². The van der Waals surface area contributed by atoms with E-state index in [1.54, 1.807) is 0 Å². The van der Waals surface area contributed by atoms with Gasteiger partial charge in [0.1, 0.15) is 12.4 Å². The number of nitrogens with one attached hydrogen (secondary N) is 1. The summed E-state index contributed by atoms with van der Waals surface area (Å²) in [6, 6.07) is 5.62. The van der Waals surface area contributed by atoms with Crippen LogP contribution in [0.4, 0.5) is 5.69 Å². The van der Waals surface area contributed by atoms with Gasteiger partial charge in [0.15, 0.2) is 0 Å². The Morgan fingerprint density at radius 3 is 3.11 bits per heavy atom. The van der Waals surface area contributed by atoms with Crippen molar-refractivity contribution in [3.8, 4) is 5.75 Å². The second-order valence-corrected chi connectivity index (χ2v) is 4.50. The molecule has 0 atom stereocenters. The van der Waals surface area contributed by atoms with E-state index in [9.17, 15) is 4.79 Å². The zero-order valence-corrected chi connectivity index (χ0v) is 10.2. The Kier molecular flexibility index (Phi) is 2.92.